The second kappa shape index (κ2) is 4.56. The van der Waals surface area contributed by atoms with Gasteiger partial charge in [0.1, 0.15) is 10.7 Å². The summed E-state index contributed by atoms with van der Waals surface area (Å²) in [4.78, 5) is 3.36. The fourth-order valence-electron chi connectivity index (χ4n) is 1.92. The Morgan fingerprint density at radius 1 is 1.56 bits per heavy atom. The first-order valence-electron chi connectivity index (χ1n) is 5.72. The fraction of sp³-hybridized carbons (Fsp3) is 0.545. The van der Waals surface area contributed by atoms with Crippen molar-refractivity contribution in [2.75, 3.05) is 6.54 Å². The zero-order chi connectivity index (χ0) is 13.4. The van der Waals surface area contributed by atoms with Crippen molar-refractivity contribution in [3.63, 3.8) is 0 Å². The first-order chi connectivity index (χ1) is 8.37. The van der Waals surface area contributed by atoms with Crippen LogP contribution in [0.5, 0.6) is 0 Å². The third kappa shape index (κ3) is 2.68. The van der Waals surface area contributed by atoms with E-state index >= 15 is 0 Å². The summed E-state index contributed by atoms with van der Waals surface area (Å²) in [6.07, 6.45) is 3.99. The number of halogens is 1. The highest BCUT2D eigenvalue weighted by Crippen LogP contribution is 2.39. The normalized spacial score (nSPS) is 19.5. The van der Waals surface area contributed by atoms with Gasteiger partial charge >= 0.3 is 0 Å². The number of rotatable bonds is 5. The third-order valence-electron chi connectivity index (χ3n) is 3.26. The van der Waals surface area contributed by atoms with Gasteiger partial charge < -0.3 is 5.73 Å². The topological polar surface area (TPSA) is 85.1 Å². The maximum atomic E-state index is 13.0. The molecule has 2 rings (SSSR count). The standard InChI is InChI=1S/C11H16FN3O2S/c1-11(7-13,8-2-3-8)15-18(16,17)10-4-9(12)5-14-6-10/h4-6,8,15H,2-3,7,13H2,1H3. The molecule has 0 amide bonds. The van der Waals surface area contributed by atoms with E-state index in [4.69, 9.17) is 5.73 Å². The molecule has 1 saturated carbocycles. The molecule has 1 aliphatic rings. The summed E-state index contributed by atoms with van der Waals surface area (Å²) >= 11 is 0. The zero-order valence-corrected chi connectivity index (χ0v) is 10.9. The molecule has 1 aliphatic carbocycles. The largest absolute Gasteiger partial charge is 0.329 e. The van der Waals surface area contributed by atoms with E-state index in [0.29, 0.717) is 0 Å². The third-order valence-corrected chi connectivity index (χ3v) is 4.84. The van der Waals surface area contributed by atoms with E-state index in [2.05, 4.69) is 9.71 Å². The SMILES string of the molecule is CC(CN)(NS(=O)(=O)c1cncc(F)c1)C1CC1. The van der Waals surface area contributed by atoms with E-state index in [9.17, 15) is 12.8 Å². The molecule has 0 saturated heterocycles. The van der Waals surface area contributed by atoms with Crippen LogP contribution in [0.3, 0.4) is 0 Å². The van der Waals surface area contributed by atoms with Crippen LogP contribution in [0.1, 0.15) is 19.8 Å². The van der Waals surface area contributed by atoms with Crippen molar-refractivity contribution in [1.82, 2.24) is 9.71 Å². The monoisotopic (exact) mass is 273 g/mol. The molecule has 1 aromatic rings. The highest BCUT2D eigenvalue weighted by molar-refractivity contribution is 7.89. The van der Waals surface area contributed by atoms with Crippen molar-refractivity contribution in [2.24, 2.45) is 11.7 Å². The van der Waals surface area contributed by atoms with Gasteiger partial charge in [-0.3, -0.25) is 4.98 Å². The summed E-state index contributed by atoms with van der Waals surface area (Å²) in [6, 6.07) is 0.944. The Hall–Kier alpha value is -1.05. The maximum Gasteiger partial charge on any atom is 0.242 e. The Kier molecular flexibility index (Phi) is 3.39. The van der Waals surface area contributed by atoms with Gasteiger partial charge in [0, 0.05) is 18.3 Å². The highest BCUT2D eigenvalue weighted by Gasteiger charge is 2.43. The minimum Gasteiger partial charge on any atom is -0.329 e. The van der Waals surface area contributed by atoms with Gasteiger partial charge in [-0.25, -0.2) is 17.5 Å². The quantitative estimate of drug-likeness (QED) is 0.824. The minimum absolute atomic E-state index is 0.178. The first-order valence-corrected chi connectivity index (χ1v) is 7.20. The number of aromatic nitrogens is 1. The lowest BCUT2D eigenvalue weighted by molar-refractivity contribution is 0.374. The van der Waals surface area contributed by atoms with Gasteiger partial charge in [-0.05, 0) is 31.7 Å². The van der Waals surface area contributed by atoms with Gasteiger partial charge in [-0.1, -0.05) is 0 Å². The molecule has 0 bridgehead atoms. The zero-order valence-electron chi connectivity index (χ0n) is 10.1. The van der Waals surface area contributed by atoms with Gasteiger partial charge in [0.15, 0.2) is 0 Å². The van der Waals surface area contributed by atoms with Crippen LogP contribution in [0.2, 0.25) is 0 Å². The van der Waals surface area contributed by atoms with E-state index in [1.165, 1.54) is 0 Å². The van der Waals surface area contributed by atoms with Crippen molar-refractivity contribution < 1.29 is 12.8 Å². The summed E-state index contributed by atoms with van der Waals surface area (Å²) in [5.74, 6) is -0.433. The molecule has 1 aromatic heterocycles. The maximum absolute atomic E-state index is 13.0. The molecule has 7 heteroatoms. The van der Waals surface area contributed by atoms with Crippen molar-refractivity contribution in [1.29, 1.82) is 0 Å². The van der Waals surface area contributed by atoms with E-state index in [-0.39, 0.29) is 17.4 Å². The molecular formula is C11H16FN3O2S. The molecule has 0 spiro atoms. The van der Waals surface area contributed by atoms with Crippen LogP contribution in [-0.2, 0) is 10.0 Å². The molecule has 1 unspecified atom stereocenters. The van der Waals surface area contributed by atoms with Crippen LogP contribution in [0, 0.1) is 11.7 Å². The average Bonchev–Trinajstić information content (AvgIpc) is 3.12. The number of pyridine rings is 1. The van der Waals surface area contributed by atoms with E-state index in [1.807, 2.05) is 0 Å². The van der Waals surface area contributed by atoms with Crippen LogP contribution in [0.4, 0.5) is 4.39 Å². The van der Waals surface area contributed by atoms with Gasteiger partial charge in [0.2, 0.25) is 10.0 Å². The van der Waals surface area contributed by atoms with Crippen LogP contribution >= 0.6 is 0 Å². The summed E-state index contributed by atoms with van der Waals surface area (Å²) in [7, 11) is -3.79. The molecule has 1 fully saturated rings. The molecule has 5 nitrogen and oxygen atoms in total. The summed E-state index contributed by atoms with van der Waals surface area (Å²) in [5.41, 5.74) is 4.97. The van der Waals surface area contributed by atoms with E-state index in [1.54, 1.807) is 6.92 Å². The van der Waals surface area contributed by atoms with Gasteiger partial charge in [-0.15, -0.1) is 0 Å². The minimum atomic E-state index is -3.79. The second-order valence-corrected chi connectivity index (χ2v) is 6.52. The van der Waals surface area contributed by atoms with Crippen LogP contribution in [0.15, 0.2) is 23.4 Å². The number of nitrogens with one attached hydrogen (secondary N) is 1. The van der Waals surface area contributed by atoms with Crippen molar-refractivity contribution in [3.05, 3.63) is 24.3 Å². The van der Waals surface area contributed by atoms with Gasteiger partial charge in [-0.2, -0.15) is 0 Å². The lowest BCUT2D eigenvalue weighted by Gasteiger charge is -2.28. The number of hydrogen-bond acceptors (Lipinski definition) is 4. The molecule has 18 heavy (non-hydrogen) atoms. The molecule has 100 valence electrons. The molecule has 0 aliphatic heterocycles. The van der Waals surface area contributed by atoms with Crippen LogP contribution < -0.4 is 10.5 Å². The van der Waals surface area contributed by atoms with Crippen molar-refractivity contribution in [2.45, 2.75) is 30.2 Å². The summed E-state index contributed by atoms with van der Waals surface area (Å²) in [5, 5.41) is 0. The van der Waals surface area contributed by atoms with Crippen molar-refractivity contribution in [3.8, 4) is 0 Å². The van der Waals surface area contributed by atoms with E-state index < -0.39 is 21.4 Å². The second-order valence-electron chi connectivity index (χ2n) is 4.84. The molecule has 3 N–H and O–H groups in total. The molecular weight excluding hydrogens is 257 g/mol. The number of sulfonamides is 1. The van der Waals surface area contributed by atoms with Crippen molar-refractivity contribution >= 4 is 10.0 Å². The molecule has 1 atom stereocenters. The lowest BCUT2D eigenvalue weighted by Crippen LogP contribution is -2.52. The first kappa shape index (κ1) is 13.4. The Bertz CT molecular complexity index is 545. The summed E-state index contributed by atoms with van der Waals surface area (Å²) < 4.78 is 39.8. The Morgan fingerprint density at radius 3 is 2.72 bits per heavy atom. The Labute approximate surface area is 106 Å². The lowest BCUT2D eigenvalue weighted by atomic mass is 9.98. The van der Waals surface area contributed by atoms with Crippen LogP contribution in [0.25, 0.3) is 0 Å². The van der Waals surface area contributed by atoms with Crippen LogP contribution in [-0.4, -0.2) is 25.5 Å². The highest BCUT2D eigenvalue weighted by atomic mass is 32.2. The summed E-state index contributed by atoms with van der Waals surface area (Å²) in [6.45, 7) is 1.98. The molecule has 0 aromatic carbocycles. The van der Waals surface area contributed by atoms with Gasteiger partial charge in [0.25, 0.3) is 0 Å². The fourth-order valence-corrected chi connectivity index (χ4v) is 3.37. The number of nitrogens with zero attached hydrogens (tertiary/aromatic N) is 1. The predicted octanol–water partition coefficient (Wildman–Crippen LogP) is 0.626. The van der Waals surface area contributed by atoms with Gasteiger partial charge in [0.05, 0.1) is 6.20 Å². The average molecular weight is 273 g/mol. The smallest absolute Gasteiger partial charge is 0.242 e. The molecule has 0 radical (unpaired) electrons. The van der Waals surface area contributed by atoms with E-state index in [0.717, 1.165) is 31.3 Å². The number of hydrogen-bond donors (Lipinski definition) is 2. The Morgan fingerprint density at radius 2 is 2.22 bits per heavy atom. The Balaban J connectivity index is 2.26. The predicted molar refractivity (Wildman–Crippen MR) is 64.7 cm³/mol. The molecule has 1 heterocycles. The number of nitrogens with two attached hydrogens (primary N) is 1.